The van der Waals surface area contributed by atoms with Crippen molar-refractivity contribution in [2.24, 2.45) is 5.73 Å². The van der Waals surface area contributed by atoms with Crippen LogP contribution in [0.3, 0.4) is 0 Å². The Morgan fingerprint density at radius 3 is 2.64 bits per heavy atom. The minimum absolute atomic E-state index is 0.0314. The molecule has 0 bridgehead atoms. The molecule has 1 aliphatic heterocycles. The molecule has 7 nitrogen and oxygen atoms in total. The van der Waals surface area contributed by atoms with Crippen molar-refractivity contribution in [1.82, 2.24) is 0 Å². The number of aliphatic carboxylic acids is 1. The molecule has 0 radical (unpaired) electrons. The van der Waals surface area contributed by atoms with Crippen LogP contribution in [0.4, 0.5) is 11.4 Å². The highest BCUT2D eigenvalue weighted by Crippen LogP contribution is 2.27. The Bertz CT molecular complexity index is 529. The van der Waals surface area contributed by atoms with Crippen molar-refractivity contribution in [3.05, 3.63) is 24.3 Å². The zero-order valence-corrected chi connectivity index (χ0v) is 12.3. The summed E-state index contributed by atoms with van der Waals surface area (Å²) in [6, 6.07) is 6.69. The van der Waals surface area contributed by atoms with Crippen molar-refractivity contribution in [2.75, 3.05) is 36.5 Å². The van der Waals surface area contributed by atoms with Gasteiger partial charge in [-0.05, 0) is 18.6 Å². The van der Waals surface area contributed by atoms with Crippen molar-refractivity contribution >= 4 is 23.3 Å². The smallest absolute Gasteiger partial charge is 0.326 e. The lowest BCUT2D eigenvalue weighted by Gasteiger charge is -2.31. The Morgan fingerprint density at radius 1 is 1.32 bits per heavy atom. The first-order chi connectivity index (χ1) is 10.6. The van der Waals surface area contributed by atoms with Crippen LogP contribution < -0.4 is 16.0 Å². The van der Waals surface area contributed by atoms with E-state index in [9.17, 15) is 14.7 Å². The van der Waals surface area contributed by atoms with Gasteiger partial charge >= 0.3 is 5.97 Å². The number of para-hydroxylation sites is 2. The van der Waals surface area contributed by atoms with Gasteiger partial charge in [-0.25, -0.2) is 4.79 Å². The van der Waals surface area contributed by atoms with Gasteiger partial charge in [-0.2, -0.15) is 0 Å². The predicted octanol–water partition coefficient (Wildman–Crippen LogP) is 0.654. The highest BCUT2D eigenvalue weighted by molar-refractivity contribution is 5.82. The number of nitrogens with zero attached hydrogens (tertiary/aromatic N) is 1. The first-order valence-electron chi connectivity index (χ1n) is 7.27. The summed E-state index contributed by atoms with van der Waals surface area (Å²) in [6.07, 6.45) is 0.186. The number of primary amides is 1. The minimum atomic E-state index is -1.00. The van der Waals surface area contributed by atoms with Crippen molar-refractivity contribution in [1.29, 1.82) is 0 Å². The van der Waals surface area contributed by atoms with Gasteiger partial charge in [0, 0.05) is 19.5 Å². The molecule has 0 aliphatic carbocycles. The van der Waals surface area contributed by atoms with Crippen molar-refractivity contribution in [3.63, 3.8) is 0 Å². The first kappa shape index (κ1) is 16.1. The highest BCUT2D eigenvalue weighted by Gasteiger charge is 2.21. The maximum atomic E-state index is 11.4. The van der Waals surface area contributed by atoms with E-state index in [-0.39, 0.29) is 12.8 Å². The summed E-state index contributed by atoms with van der Waals surface area (Å²) in [5.41, 5.74) is 6.78. The van der Waals surface area contributed by atoms with Crippen LogP contribution in [0.1, 0.15) is 12.8 Å². The van der Waals surface area contributed by atoms with Crippen LogP contribution >= 0.6 is 0 Å². The number of morpholine rings is 1. The largest absolute Gasteiger partial charge is 0.480 e. The van der Waals surface area contributed by atoms with Crippen LogP contribution in [0.2, 0.25) is 0 Å². The second-order valence-electron chi connectivity index (χ2n) is 5.16. The van der Waals surface area contributed by atoms with Crippen LogP contribution in [-0.4, -0.2) is 49.3 Å². The number of anilines is 2. The molecule has 1 amide bonds. The molecule has 22 heavy (non-hydrogen) atoms. The van der Waals surface area contributed by atoms with E-state index in [0.29, 0.717) is 13.2 Å². The number of hydrogen-bond acceptors (Lipinski definition) is 5. The van der Waals surface area contributed by atoms with Gasteiger partial charge in [0.2, 0.25) is 5.91 Å². The van der Waals surface area contributed by atoms with Crippen LogP contribution in [0, 0.1) is 0 Å². The van der Waals surface area contributed by atoms with Gasteiger partial charge in [-0.1, -0.05) is 12.1 Å². The molecule has 1 aromatic rings. The van der Waals surface area contributed by atoms with E-state index in [1.807, 2.05) is 24.3 Å². The van der Waals surface area contributed by atoms with Gasteiger partial charge in [0.15, 0.2) is 0 Å². The maximum Gasteiger partial charge on any atom is 0.326 e. The summed E-state index contributed by atoms with van der Waals surface area (Å²) in [6.45, 7) is 2.83. The Morgan fingerprint density at radius 2 is 2.00 bits per heavy atom. The molecule has 2 rings (SSSR count). The average Bonchev–Trinajstić information content (AvgIpc) is 2.52. The molecule has 0 unspecified atom stereocenters. The van der Waals surface area contributed by atoms with Crippen molar-refractivity contribution in [2.45, 2.75) is 18.9 Å². The number of nitrogens with two attached hydrogens (primary N) is 1. The molecular weight excluding hydrogens is 286 g/mol. The molecule has 1 heterocycles. The Labute approximate surface area is 129 Å². The summed E-state index contributed by atoms with van der Waals surface area (Å²) in [5, 5.41) is 12.3. The number of benzene rings is 1. The van der Waals surface area contributed by atoms with E-state index in [2.05, 4.69) is 10.2 Å². The fourth-order valence-corrected chi connectivity index (χ4v) is 2.41. The third-order valence-corrected chi connectivity index (χ3v) is 3.56. The van der Waals surface area contributed by atoms with E-state index in [0.717, 1.165) is 24.5 Å². The molecule has 4 N–H and O–H groups in total. The lowest BCUT2D eigenvalue weighted by Crippen LogP contribution is -2.37. The lowest BCUT2D eigenvalue weighted by molar-refractivity contribution is -0.138. The number of carbonyl (C=O) groups is 2. The zero-order chi connectivity index (χ0) is 15.9. The van der Waals surface area contributed by atoms with E-state index in [4.69, 9.17) is 10.5 Å². The summed E-state index contributed by atoms with van der Waals surface area (Å²) in [7, 11) is 0. The average molecular weight is 307 g/mol. The molecule has 1 saturated heterocycles. The summed E-state index contributed by atoms with van der Waals surface area (Å²) in [5.74, 6) is -1.51. The molecule has 0 saturated carbocycles. The molecule has 0 aromatic heterocycles. The molecule has 1 atom stereocenters. The van der Waals surface area contributed by atoms with Crippen LogP contribution in [0.5, 0.6) is 0 Å². The SMILES string of the molecule is NC(=O)CC[C@H](Nc1ccccc1N1CCOCC1)C(=O)O. The van der Waals surface area contributed by atoms with E-state index in [1.54, 1.807) is 0 Å². The van der Waals surface area contributed by atoms with Crippen LogP contribution in [0.25, 0.3) is 0 Å². The molecule has 7 heteroatoms. The monoisotopic (exact) mass is 307 g/mol. The van der Waals surface area contributed by atoms with Crippen molar-refractivity contribution in [3.8, 4) is 0 Å². The number of rotatable bonds is 7. The highest BCUT2D eigenvalue weighted by atomic mass is 16.5. The number of amides is 1. The number of ether oxygens (including phenoxy) is 1. The molecule has 1 aliphatic rings. The van der Waals surface area contributed by atoms with E-state index in [1.165, 1.54) is 0 Å². The van der Waals surface area contributed by atoms with Gasteiger partial charge in [0.1, 0.15) is 6.04 Å². The topological polar surface area (TPSA) is 105 Å². The van der Waals surface area contributed by atoms with Crippen LogP contribution in [-0.2, 0) is 14.3 Å². The lowest BCUT2D eigenvalue weighted by atomic mass is 10.1. The van der Waals surface area contributed by atoms with Crippen LogP contribution in [0.15, 0.2) is 24.3 Å². The molecular formula is C15H21N3O4. The molecule has 0 spiro atoms. The standard InChI is InChI=1S/C15H21N3O4/c16-14(19)6-5-12(15(20)21)17-11-3-1-2-4-13(11)18-7-9-22-10-8-18/h1-4,12,17H,5-10H2,(H2,16,19)(H,20,21)/t12-/m0/s1. The third-order valence-electron chi connectivity index (χ3n) is 3.56. The van der Waals surface area contributed by atoms with E-state index < -0.39 is 17.9 Å². The number of carboxylic acids is 1. The third kappa shape index (κ3) is 4.36. The summed E-state index contributed by atoms with van der Waals surface area (Å²) >= 11 is 0. The second kappa shape index (κ2) is 7.65. The number of nitrogens with one attached hydrogen (secondary N) is 1. The summed E-state index contributed by atoms with van der Waals surface area (Å²) in [4.78, 5) is 24.4. The summed E-state index contributed by atoms with van der Waals surface area (Å²) < 4.78 is 5.34. The number of hydrogen-bond donors (Lipinski definition) is 3. The Hall–Kier alpha value is -2.28. The minimum Gasteiger partial charge on any atom is -0.480 e. The number of carboxylic acid groups (broad SMARTS) is 1. The normalized spacial score (nSPS) is 16.1. The predicted molar refractivity (Wildman–Crippen MR) is 82.9 cm³/mol. The number of carbonyl (C=O) groups excluding carboxylic acids is 1. The first-order valence-corrected chi connectivity index (χ1v) is 7.27. The fourth-order valence-electron chi connectivity index (χ4n) is 2.41. The molecule has 1 fully saturated rings. The maximum absolute atomic E-state index is 11.4. The molecule has 120 valence electrons. The fraction of sp³-hybridized carbons (Fsp3) is 0.467. The molecule has 1 aromatic carbocycles. The van der Waals surface area contributed by atoms with Gasteiger partial charge in [0.25, 0.3) is 0 Å². The van der Waals surface area contributed by atoms with Gasteiger partial charge < -0.3 is 25.8 Å². The Kier molecular flexibility index (Phi) is 5.60. The van der Waals surface area contributed by atoms with E-state index >= 15 is 0 Å². The van der Waals surface area contributed by atoms with Crippen molar-refractivity contribution < 1.29 is 19.4 Å². The Balaban J connectivity index is 2.12. The van der Waals surface area contributed by atoms with Gasteiger partial charge in [-0.15, -0.1) is 0 Å². The quantitative estimate of drug-likeness (QED) is 0.683. The van der Waals surface area contributed by atoms with Gasteiger partial charge in [0.05, 0.1) is 24.6 Å². The van der Waals surface area contributed by atoms with Gasteiger partial charge in [-0.3, -0.25) is 4.79 Å². The zero-order valence-electron chi connectivity index (χ0n) is 12.3. The second-order valence-corrected chi connectivity index (χ2v) is 5.16.